The summed E-state index contributed by atoms with van der Waals surface area (Å²) in [4.78, 5) is 10.8. The van der Waals surface area contributed by atoms with Crippen LogP contribution in [0.4, 0.5) is 11.6 Å². The van der Waals surface area contributed by atoms with Gasteiger partial charge in [-0.2, -0.15) is 0 Å². The van der Waals surface area contributed by atoms with Gasteiger partial charge in [0.05, 0.1) is 18.5 Å². The lowest BCUT2D eigenvalue weighted by Gasteiger charge is -2.34. The number of aliphatic hydroxyl groups excluding tert-OH is 1. The molecule has 2 rings (SSSR count). The number of anilines is 2. The van der Waals surface area contributed by atoms with E-state index in [4.69, 9.17) is 0 Å². The zero-order valence-corrected chi connectivity index (χ0v) is 11.1. The van der Waals surface area contributed by atoms with Crippen LogP contribution in [0.5, 0.6) is 0 Å². The van der Waals surface area contributed by atoms with Crippen molar-refractivity contribution in [1.29, 1.82) is 0 Å². The van der Waals surface area contributed by atoms with E-state index in [1.807, 2.05) is 0 Å². The van der Waals surface area contributed by atoms with E-state index in [2.05, 4.69) is 34.0 Å². The van der Waals surface area contributed by atoms with Crippen LogP contribution in [0, 0.1) is 5.92 Å². The van der Waals surface area contributed by atoms with Crippen molar-refractivity contribution in [2.45, 2.75) is 32.8 Å². The molecule has 2 heterocycles. The van der Waals surface area contributed by atoms with E-state index >= 15 is 0 Å². The molecule has 1 aromatic rings. The molecular formula is C13H22N4O. The molecule has 1 fully saturated rings. The fraction of sp³-hybridized carbons (Fsp3) is 0.692. The minimum absolute atomic E-state index is 0.271. The first kappa shape index (κ1) is 13.1. The van der Waals surface area contributed by atoms with Gasteiger partial charge in [0.15, 0.2) is 0 Å². The van der Waals surface area contributed by atoms with Crippen LogP contribution in [0.3, 0.4) is 0 Å². The second-order valence-electron chi connectivity index (χ2n) is 4.97. The molecule has 1 aromatic heterocycles. The molecule has 0 spiro atoms. The van der Waals surface area contributed by atoms with Crippen LogP contribution in [0.2, 0.25) is 0 Å². The maximum absolute atomic E-state index is 9.91. The molecule has 0 saturated carbocycles. The molecule has 100 valence electrons. The van der Waals surface area contributed by atoms with Crippen molar-refractivity contribution in [3.8, 4) is 0 Å². The fourth-order valence-electron chi connectivity index (χ4n) is 2.10. The van der Waals surface area contributed by atoms with Crippen molar-refractivity contribution in [2.24, 2.45) is 5.92 Å². The molecule has 1 saturated heterocycles. The minimum Gasteiger partial charge on any atom is -0.391 e. The third kappa shape index (κ3) is 3.10. The summed E-state index contributed by atoms with van der Waals surface area (Å²) in [5, 5.41) is 13.1. The molecule has 0 aliphatic carbocycles. The first-order valence-electron chi connectivity index (χ1n) is 6.69. The number of hydrogen-bond acceptors (Lipinski definition) is 5. The van der Waals surface area contributed by atoms with E-state index in [0.29, 0.717) is 12.5 Å². The van der Waals surface area contributed by atoms with Gasteiger partial charge in [-0.3, -0.25) is 4.98 Å². The molecule has 0 amide bonds. The van der Waals surface area contributed by atoms with Crippen LogP contribution in [0.1, 0.15) is 26.7 Å². The Bertz CT molecular complexity index is 385. The van der Waals surface area contributed by atoms with Gasteiger partial charge < -0.3 is 15.3 Å². The molecular weight excluding hydrogens is 228 g/mol. The number of nitrogens with one attached hydrogen (secondary N) is 1. The maximum atomic E-state index is 9.91. The fourth-order valence-corrected chi connectivity index (χ4v) is 2.10. The van der Waals surface area contributed by atoms with E-state index < -0.39 is 0 Å². The number of aliphatic hydroxyl groups is 1. The van der Waals surface area contributed by atoms with E-state index in [9.17, 15) is 5.11 Å². The van der Waals surface area contributed by atoms with E-state index in [0.717, 1.165) is 37.6 Å². The lowest BCUT2D eigenvalue weighted by Crippen LogP contribution is -2.43. The van der Waals surface area contributed by atoms with Gasteiger partial charge in [0.25, 0.3) is 0 Å². The second kappa shape index (κ2) is 6.00. The van der Waals surface area contributed by atoms with Crippen LogP contribution in [-0.2, 0) is 0 Å². The van der Waals surface area contributed by atoms with Gasteiger partial charge in [0, 0.05) is 19.6 Å². The summed E-state index contributed by atoms with van der Waals surface area (Å²) < 4.78 is 0. The highest BCUT2D eigenvalue weighted by molar-refractivity contribution is 5.44. The van der Waals surface area contributed by atoms with Crippen molar-refractivity contribution < 1.29 is 5.11 Å². The predicted molar refractivity (Wildman–Crippen MR) is 72.8 cm³/mol. The molecule has 2 atom stereocenters. The third-order valence-electron chi connectivity index (χ3n) is 3.42. The number of piperidine rings is 1. The van der Waals surface area contributed by atoms with Crippen LogP contribution >= 0.6 is 0 Å². The average Bonchev–Trinajstić information content (AvgIpc) is 2.40. The number of aromatic nitrogens is 2. The lowest BCUT2D eigenvalue weighted by atomic mass is 9.96. The number of nitrogens with zero attached hydrogens (tertiary/aromatic N) is 3. The Morgan fingerprint density at radius 1 is 1.50 bits per heavy atom. The summed E-state index contributed by atoms with van der Waals surface area (Å²) in [5.74, 6) is 2.03. The number of rotatable bonds is 4. The Morgan fingerprint density at radius 3 is 3.06 bits per heavy atom. The second-order valence-corrected chi connectivity index (χ2v) is 4.97. The van der Waals surface area contributed by atoms with Crippen LogP contribution in [-0.4, -0.2) is 40.8 Å². The Balaban J connectivity index is 2.04. The van der Waals surface area contributed by atoms with Gasteiger partial charge in [-0.05, 0) is 18.8 Å². The number of β-amino-alcohol motifs (C(OH)–C–C–N with tert-alkyl or cyclic N) is 1. The normalized spacial score (nSPS) is 24.1. The van der Waals surface area contributed by atoms with Gasteiger partial charge in [-0.15, -0.1) is 0 Å². The summed E-state index contributed by atoms with van der Waals surface area (Å²) in [5.41, 5.74) is 0. The first-order valence-corrected chi connectivity index (χ1v) is 6.69. The average molecular weight is 250 g/mol. The molecule has 0 radical (unpaired) electrons. The van der Waals surface area contributed by atoms with Crippen molar-refractivity contribution in [3.63, 3.8) is 0 Å². The van der Waals surface area contributed by atoms with Gasteiger partial charge in [0.2, 0.25) is 0 Å². The molecule has 1 aliphatic rings. The van der Waals surface area contributed by atoms with Crippen LogP contribution in [0.15, 0.2) is 12.4 Å². The SMILES string of the molecule is CCCNc1cncc(N2CCC(C)C(O)C2)n1. The minimum atomic E-state index is -0.271. The summed E-state index contributed by atoms with van der Waals surface area (Å²) in [6.45, 7) is 6.69. The predicted octanol–water partition coefficient (Wildman–Crippen LogP) is 1.51. The summed E-state index contributed by atoms with van der Waals surface area (Å²) in [7, 11) is 0. The molecule has 18 heavy (non-hydrogen) atoms. The first-order chi connectivity index (χ1) is 8.70. The standard InChI is InChI=1S/C13H22N4O/c1-3-5-15-12-7-14-8-13(16-12)17-6-4-10(2)11(18)9-17/h7-8,10-11,18H,3-6,9H2,1-2H3,(H,15,16). The third-order valence-corrected chi connectivity index (χ3v) is 3.42. The Hall–Kier alpha value is -1.36. The molecule has 0 aromatic carbocycles. The Morgan fingerprint density at radius 2 is 2.33 bits per heavy atom. The maximum Gasteiger partial charge on any atom is 0.149 e. The van der Waals surface area contributed by atoms with Gasteiger partial charge in [0.1, 0.15) is 11.6 Å². The van der Waals surface area contributed by atoms with Crippen molar-refractivity contribution >= 4 is 11.6 Å². The largest absolute Gasteiger partial charge is 0.391 e. The Kier molecular flexibility index (Phi) is 4.36. The molecule has 5 heteroatoms. The smallest absolute Gasteiger partial charge is 0.149 e. The highest BCUT2D eigenvalue weighted by atomic mass is 16.3. The lowest BCUT2D eigenvalue weighted by molar-refractivity contribution is 0.102. The number of hydrogen-bond donors (Lipinski definition) is 2. The summed E-state index contributed by atoms with van der Waals surface area (Å²) in [6.07, 6.45) is 5.29. The van der Waals surface area contributed by atoms with Crippen molar-refractivity contribution in [3.05, 3.63) is 12.4 Å². The summed E-state index contributed by atoms with van der Waals surface area (Å²) in [6, 6.07) is 0. The highest BCUT2D eigenvalue weighted by Crippen LogP contribution is 2.22. The molecule has 0 bridgehead atoms. The van der Waals surface area contributed by atoms with E-state index in [1.165, 1.54) is 0 Å². The topological polar surface area (TPSA) is 61.3 Å². The van der Waals surface area contributed by atoms with Crippen LogP contribution in [0.25, 0.3) is 0 Å². The molecule has 2 unspecified atom stereocenters. The van der Waals surface area contributed by atoms with Crippen molar-refractivity contribution in [2.75, 3.05) is 29.9 Å². The van der Waals surface area contributed by atoms with E-state index in [-0.39, 0.29) is 6.10 Å². The van der Waals surface area contributed by atoms with Crippen LogP contribution < -0.4 is 10.2 Å². The van der Waals surface area contributed by atoms with Gasteiger partial charge >= 0.3 is 0 Å². The molecule has 2 N–H and O–H groups in total. The molecule has 5 nitrogen and oxygen atoms in total. The van der Waals surface area contributed by atoms with Crippen molar-refractivity contribution in [1.82, 2.24) is 9.97 Å². The monoisotopic (exact) mass is 250 g/mol. The zero-order chi connectivity index (χ0) is 13.0. The summed E-state index contributed by atoms with van der Waals surface area (Å²) >= 11 is 0. The van der Waals surface area contributed by atoms with E-state index in [1.54, 1.807) is 12.4 Å². The van der Waals surface area contributed by atoms with Gasteiger partial charge in [-0.25, -0.2) is 4.98 Å². The highest BCUT2D eigenvalue weighted by Gasteiger charge is 2.25. The molecule has 1 aliphatic heterocycles. The Labute approximate surface area is 108 Å². The van der Waals surface area contributed by atoms with Gasteiger partial charge in [-0.1, -0.05) is 13.8 Å². The zero-order valence-electron chi connectivity index (χ0n) is 11.1. The quantitative estimate of drug-likeness (QED) is 0.848.